The zero-order valence-electron chi connectivity index (χ0n) is 20.2. The molecule has 4 aromatic rings. The van der Waals surface area contributed by atoms with Crippen molar-refractivity contribution in [1.82, 2.24) is 0 Å². The van der Waals surface area contributed by atoms with Crippen molar-refractivity contribution in [2.75, 3.05) is 24.7 Å². The SMILES string of the molecule is C1=CSC(=C2SC3=C(SCCOc4ccc5ccccc5c4-c4c(ccc5ccccc45)OCCS3)S2)S1. The summed E-state index contributed by atoms with van der Waals surface area (Å²) < 4.78 is 18.7. The quantitative estimate of drug-likeness (QED) is 0.194. The summed E-state index contributed by atoms with van der Waals surface area (Å²) in [5, 5.41) is 9.12. The number of rotatable bonds is 0. The van der Waals surface area contributed by atoms with Crippen LogP contribution < -0.4 is 9.47 Å². The van der Waals surface area contributed by atoms with Crippen molar-refractivity contribution in [2.24, 2.45) is 0 Å². The lowest BCUT2D eigenvalue weighted by atomic mass is 9.92. The van der Waals surface area contributed by atoms with Crippen LogP contribution in [0.4, 0.5) is 0 Å². The van der Waals surface area contributed by atoms with Gasteiger partial charge in [-0.05, 0) is 44.5 Å². The molecular formula is C30H22O2S6. The van der Waals surface area contributed by atoms with Crippen molar-refractivity contribution in [2.45, 2.75) is 0 Å². The highest BCUT2D eigenvalue weighted by Crippen LogP contribution is 2.61. The summed E-state index contributed by atoms with van der Waals surface area (Å²) in [4.78, 5) is 0. The number of thioether (sulfide) groups is 6. The Morgan fingerprint density at radius 1 is 0.500 bits per heavy atom. The maximum Gasteiger partial charge on any atom is 0.127 e. The second-order valence-electron chi connectivity index (χ2n) is 8.58. The smallest absolute Gasteiger partial charge is 0.127 e. The topological polar surface area (TPSA) is 18.5 Å². The largest absolute Gasteiger partial charge is 0.492 e. The molecule has 0 spiro atoms. The van der Waals surface area contributed by atoms with E-state index in [9.17, 15) is 0 Å². The second-order valence-corrected chi connectivity index (χ2v) is 15.7. The highest BCUT2D eigenvalue weighted by molar-refractivity contribution is 8.42. The summed E-state index contributed by atoms with van der Waals surface area (Å²) in [6.07, 6.45) is 0. The first-order chi connectivity index (χ1) is 18.8. The van der Waals surface area contributed by atoms with Gasteiger partial charge in [-0.2, -0.15) is 0 Å². The lowest BCUT2D eigenvalue weighted by molar-refractivity contribution is 0.341. The average molecular weight is 607 g/mol. The highest BCUT2D eigenvalue weighted by atomic mass is 32.3. The standard InChI is InChI=1S/C30H22O2S6/c1-3-7-21-19(5-1)9-11-23-25(21)26-22-8-4-2-6-20(22)10-12-24(26)32-14-16-34-29-28(33-15-13-31-23)37-30(38-29)27-35-17-18-36-27/h1-12,17-18H,13-16H2. The highest BCUT2D eigenvalue weighted by Gasteiger charge is 2.27. The van der Waals surface area contributed by atoms with E-state index in [0.717, 1.165) is 34.1 Å². The molecule has 4 aromatic carbocycles. The van der Waals surface area contributed by atoms with Gasteiger partial charge in [0.1, 0.15) is 11.5 Å². The van der Waals surface area contributed by atoms with Crippen molar-refractivity contribution in [3.05, 3.63) is 101 Å². The molecule has 7 rings (SSSR count). The maximum atomic E-state index is 6.57. The molecule has 3 aliphatic heterocycles. The fourth-order valence-electron chi connectivity index (χ4n) is 4.67. The molecule has 0 bridgehead atoms. The fourth-order valence-corrected chi connectivity index (χ4v) is 12.5. The van der Waals surface area contributed by atoms with Crippen LogP contribution in [0.2, 0.25) is 0 Å². The Labute approximate surface area is 247 Å². The predicted molar refractivity (Wildman–Crippen MR) is 176 cm³/mol. The van der Waals surface area contributed by atoms with E-state index in [0.29, 0.717) is 13.2 Å². The number of hydrogen-bond acceptors (Lipinski definition) is 8. The van der Waals surface area contributed by atoms with Gasteiger partial charge in [0.15, 0.2) is 0 Å². The molecule has 0 saturated heterocycles. The molecule has 3 aliphatic rings. The van der Waals surface area contributed by atoms with Crippen molar-refractivity contribution >= 4 is 92.1 Å². The second kappa shape index (κ2) is 11.4. The van der Waals surface area contributed by atoms with E-state index in [-0.39, 0.29) is 0 Å². The summed E-state index contributed by atoms with van der Waals surface area (Å²) >= 11 is 11.3. The van der Waals surface area contributed by atoms with Gasteiger partial charge in [-0.25, -0.2) is 0 Å². The Bertz CT molecular complexity index is 1520. The van der Waals surface area contributed by atoms with E-state index in [1.54, 1.807) is 0 Å². The summed E-state index contributed by atoms with van der Waals surface area (Å²) in [6, 6.07) is 25.7. The van der Waals surface area contributed by atoms with Crippen LogP contribution in [0.3, 0.4) is 0 Å². The van der Waals surface area contributed by atoms with Crippen LogP contribution in [-0.4, -0.2) is 24.7 Å². The van der Waals surface area contributed by atoms with Gasteiger partial charge >= 0.3 is 0 Å². The fraction of sp³-hybridized carbons (Fsp3) is 0.133. The first-order valence-corrected chi connectivity index (χ1v) is 17.6. The van der Waals surface area contributed by atoms with E-state index in [4.69, 9.17) is 9.47 Å². The van der Waals surface area contributed by atoms with Gasteiger partial charge in [-0.15, -0.1) is 23.5 Å². The van der Waals surface area contributed by atoms with E-state index < -0.39 is 0 Å². The van der Waals surface area contributed by atoms with Gasteiger partial charge in [0.2, 0.25) is 0 Å². The molecule has 190 valence electrons. The molecule has 0 aliphatic carbocycles. The third-order valence-corrected chi connectivity index (χ3v) is 14.4. The van der Waals surface area contributed by atoms with Crippen LogP contribution >= 0.6 is 70.6 Å². The number of fused-ring (bicyclic) bond motifs is 7. The minimum Gasteiger partial charge on any atom is -0.492 e. The molecule has 0 amide bonds. The zero-order valence-corrected chi connectivity index (χ0v) is 25.1. The van der Waals surface area contributed by atoms with Gasteiger partial charge in [-0.3, -0.25) is 0 Å². The molecular weight excluding hydrogens is 585 g/mol. The number of benzene rings is 4. The van der Waals surface area contributed by atoms with Crippen molar-refractivity contribution in [3.63, 3.8) is 0 Å². The minimum atomic E-state index is 0.639. The Hall–Kier alpha value is -1.68. The maximum absolute atomic E-state index is 6.57. The summed E-state index contributed by atoms with van der Waals surface area (Å²) in [6.45, 7) is 1.28. The molecule has 0 atom stereocenters. The van der Waals surface area contributed by atoms with Crippen LogP contribution in [0, 0.1) is 0 Å². The van der Waals surface area contributed by atoms with Crippen LogP contribution in [0.1, 0.15) is 0 Å². The Balaban J connectivity index is 1.30. The molecule has 0 saturated carbocycles. The summed E-state index contributed by atoms with van der Waals surface area (Å²) in [5.74, 6) is 3.62. The van der Waals surface area contributed by atoms with E-state index in [2.05, 4.69) is 83.6 Å². The van der Waals surface area contributed by atoms with Crippen molar-refractivity contribution in [3.8, 4) is 22.6 Å². The van der Waals surface area contributed by atoms with Crippen LogP contribution in [0.15, 0.2) is 101 Å². The van der Waals surface area contributed by atoms with Gasteiger partial charge in [0, 0.05) is 22.6 Å². The first kappa shape index (κ1) is 25.3. The molecule has 3 heterocycles. The third-order valence-electron chi connectivity index (χ3n) is 6.29. The van der Waals surface area contributed by atoms with Crippen LogP contribution in [0.5, 0.6) is 11.5 Å². The monoisotopic (exact) mass is 606 g/mol. The molecule has 0 N–H and O–H groups in total. The third kappa shape index (κ3) is 5.00. The van der Waals surface area contributed by atoms with Gasteiger partial charge in [-0.1, -0.05) is 108 Å². The Morgan fingerprint density at radius 3 is 1.53 bits per heavy atom. The first-order valence-electron chi connectivity index (χ1n) is 12.2. The Kier molecular flexibility index (Phi) is 7.61. The number of hydrogen-bond donors (Lipinski definition) is 0. The molecule has 0 aromatic heterocycles. The van der Waals surface area contributed by atoms with Crippen molar-refractivity contribution in [1.29, 1.82) is 0 Å². The molecule has 0 fully saturated rings. The predicted octanol–water partition coefficient (Wildman–Crippen LogP) is 10.6. The van der Waals surface area contributed by atoms with Gasteiger partial charge < -0.3 is 9.47 Å². The van der Waals surface area contributed by atoms with Crippen LogP contribution in [0.25, 0.3) is 32.7 Å². The van der Waals surface area contributed by atoms with Crippen LogP contribution in [-0.2, 0) is 0 Å². The van der Waals surface area contributed by atoms with Gasteiger partial charge in [0.05, 0.1) is 30.2 Å². The molecule has 0 radical (unpaired) electrons. The van der Waals surface area contributed by atoms with Crippen molar-refractivity contribution < 1.29 is 9.47 Å². The summed E-state index contributed by atoms with van der Waals surface area (Å²) in [5.41, 5.74) is 2.23. The Morgan fingerprint density at radius 2 is 1.00 bits per heavy atom. The van der Waals surface area contributed by atoms with E-state index in [1.807, 2.05) is 70.6 Å². The summed E-state index contributed by atoms with van der Waals surface area (Å²) in [7, 11) is 0. The molecule has 0 unspecified atom stereocenters. The van der Waals surface area contributed by atoms with E-state index >= 15 is 0 Å². The lowest BCUT2D eigenvalue weighted by Gasteiger charge is -2.20. The molecule has 38 heavy (non-hydrogen) atoms. The van der Waals surface area contributed by atoms with Gasteiger partial charge in [0.25, 0.3) is 0 Å². The van der Waals surface area contributed by atoms with E-state index in [1.165, 1.54) is 38.5 Å². The normalized spacial score (nSPS) is 18.1. The molecule has 2 nitrogen and oxygen atoms in total. The number of ether oxygens (including phenoxy) is 2. The average Bonchev–Trinajstić information content (AvgIpc) is 3.63. The lowest BCUT2D eigenvalue weighted by Crippen LogP contribution is -2.05. The molecule has 8 heteroatoms. The minimum absolute atomic E-state index is 0.639. The zero-order chi connectivity index (χ0) is 25.3.